The van der Waals surface area contributed by atoms with Crippen molar-refractivity contribution in [2.75, 3.05) is 23.9 Å². The van der Waals surface area contributed by atoms with Gasteiger partial charge in [-0.1, -0.05) is 50.5 Å². The van der Waals surface area contributed by atoms with E-state index in [4.69, 9.17) is 0 Å². The minimum atomic E-state index is 0.0520. The highest BCUT2D eigenvalue weighted by atomic mass is 15.4. The van der Waals surface area contributed by atoms with Gasteiger partial charge in [0, 0.05) is 30.9 Å². The topological polar surface area (TPSA) is 6.48 Å². The van der Waals surface area contributed by atoms with Gasteiger partial charge in [0.25, 0.3) is 0 Å². The third-order valence-electron chi connectivity index (χ3n) is 5.53. The Kier molecular flexibility index (Phi) is 4.03. The van der Waals surface area contributed by atoms with Crippen molar-refractivity contribution < 1.29 is 0 Å². The van der Waals surface area contributed by atoms with Crippen molar-refractivity contribution in [3.63, 3.8) is 0 Å². The normalized spacial score (nSPS) is 16.4. The van der Waals surface area contributed by atoms with Crippen LogP contribution in [0.5, 0.6) is 0 Å². The molecule has 2 aromatic rings. The highest BCUT2D eigenvalue weighted by Crippen LogP contribution is 2.45. The van der Waals surface area contributed by atoms with Gasteiger partial charge in [0.2, 0.25) is 0 Å². The molecule has 1 heterocycles. The second kappa shape index (κ2) is 5.83. The molecule has 0 bridgehead atoms. The Morgan fingerprint density at radius 1 is 0.864 bits per heavy atom. The van der Waals surface area contributed by atoms with Gasteiger partial charge in [0.15, 0.2) is 0 Å². The molecule has 1 aliphatic heterocycles. The quantitative estimate of drug-likeness (QED) is 0.680. The Labute approximate surface area is 134 Å². The maximum atomic E-state index is 2.48. The lowest BCUT2D eigenvalue weighted by Crippen LogP contribution is -2.58. The van der Waals surface area contributed by atoms with Gasteiger partial charge in [0.05, 0.1) is 0 Å². The van der Waals surface area contributed by atoms with E-state index in [1.165, 1.54) is 54.3 Å². The van der Waals surface area contributed by atoms with Crippen molar-refractivity contribution in [2.24, 2.45) is 0 Å². The van der Waals surface area contributed by atoms with E-state index in [2.05, 4.69) is 74.1 Å². The first-order valence-electron chi connectivity index (χ1n) is 8.59. The van der Waals surface area contributed by atoms with Crippen LogP contribution in [-0.2, 0) is 0 Å². The monoisotopic (exact) mass is 296 g/mol. The van der Waals surface area contributed by atoms with E-state index in [9.17, 15) is 0 Å². The van der Waals surface area contributed by atoms with Crippen LogP contribution in [0.15, 0.2) is 36.4 Å². The summed E-state index contributed by atoms with van der Waals surface area (Å²) >= 11 is 0. The minimum absolute atomic E-state index is 0.0520. The first kappa shape index (κ1) is 15.2. The van der Waals surface area contributed by atoms with Gasteiger partial charge in [-0.05, 0) is 37.3 Å². The zero-order valence-electron chi connectivity index (χ0n) is 14.4. The summed E-state index contributed by atoms with van der Waals surface area (Å²) in [7, 11) is 4.50. The molecule has 0 saturated heterocycles. The summed E-state index contributed by atoms with van der Waals surface area (Å²) in [5, 5.41) is 2.72. The molecule has 0 radical (unpaired) electrons. The second-order valence-electron chi connectivity index (χ2n) is 6.80. The number of rotatable bonds is 5. The van der Waals surface area contributed by atoms with Gasteiger partial charge >= 0.3 is 0 Å². The summed E-state index contributed by atoms with van der Waals surface area (Å²) in [5.41, 5.74) is 2.78. The lowest BCUT2D eigenvalue weighted by Gasteiger charge is -2.52. The number of benzene rings is 2. The van der Waals surface area contributed by atoms with E-state index < -0.39 is 0 Å². The molecule has 118 valence electrons. The summed E-state index contributed by atoms with van der Waals surface area (Å²) in [6.07, 6.45) is 6.46. The smallest absolute Gasteiger partial charge is 0.109 e. The predicted octanol–water partition coefficient (Wildman–Crippen LogP) is 5.41. The molecule has 2 heteroatoms. The molecule has 2 nitrogen and oxygen atoms in total. The molecule has 0 atom stereocenters. The number of unbranched alkanes of at least 4 members (excludes halogenated alkanes) is 3. The fourth-order valence-corrected chi connectivity index (χ4v) is 3.83. The van der Waals surface area contributed by atoms with E-state index in [0.717, 1.165) is 0 Å². The molecule has 0 fully saturated rings. The molecule has 0 aliphatic carbocycles. The number of anilines is 2. The average Bonchev–Trinajstić information content (AvgIpc) is 2.55. The summed E-state index contributed by atoms with van der Waals surface area (Å²) in [6, 6.07) is 13.3. The van der Waals surface area contributed by atoms with Gasteiger partial charge in [-0.2, -0.15) is 0 Å². The van der Waals surface area contributed by atoms with Crippen LogP contribution >= 0.6 is 0 Å². The van der Waals surface area contributed by atoms with Gasteiger partial charge in [0.1, 0.15) is 5.66 Å². The van der Waals surface area contributed by atoms with Crippen LogP contribution in [0.2, 0.25) is 0 Å². The Morgan fingerprint density at radius 3 is 2.00 bits per heavy atom. The van der Waals surface area contributed by atoms with Crippen LogP contribution in [-0.4, -0.2) is 19.8 Å². The van der Waals surface area contributed by atoms with Crippen LogP contribution in [0.1, 0.15) is 46.0 Å². The maximum Gasteiger partial charge on any atom is 0.109 e. The molecule has 0 amide bonds. The molecule has 2 aromatic carbocycles. The van der Waals surface area contributed by atoms with Crippen LogP contribution in [0.25, 0.3) is 10.8 Å². The summed E-state index contributed by atoms with van der Waals surface area (Å²) in [6.45, 7) is 4.66. The zero-order chi connectivity index (χ0) is 15.7. The first-order valence-corrected chi connectivity index (χ1v) is 8.59. The molecule has 0 spiro atoms. The molecule has 1 aliphatic rings. The largest absolute Gasteiger partial charge is 0.351 e. The van der Waals surface area contributed by atoms with E-state index >= 15 is 0 Å². The first-order chi connectivity index (χ1) is 10.6. The summed E-state index contributed by atoms with van der Waals surface area (Å²) < 4.78 is 0. The van der Waals surface area contributed by atoms with Gasteiger partial charge in [-0.25, -0.2) is 0 Å². The molecule has 0 unspecified atom stereocenters. The van der Waals surface area contributed by atoms with E-state index in [1.54, 1.807) is 0 Å². The molecule has 0 N–H and O–H groups in total. The molecule has 3 rings (SSSR count). The lowest BCUT2D eigenvalue weighted by atomic mass is 9.92. The van der Waals surface area contributed by atoms with Crippen LogP contribution in [0.4, 0.5) is 11.4 Å². The van der Waals surface area contributed by atoms with Crippen LogP contribution < -0.4 is 9.80 Å². The Hall–Kier alpha value is -1.70. The number of nitrogens with zero attached hydrogens (tertiary/aromatic N) is 2. The molecule has 22 heavy (non-hydrogen) atoms. The van der Waals surface area contributed by atoms with Crippen LogP contribution in [0.3, 0.4) is 0 Å². The van der Waals surface area contributed by atoms with E-state index in [0.29, 0.717) is 0 Å². The van der Waals surface area contributed by atoms with Gasteiger partial charge in [-0.3, -0.25) is 0 Å². The van der Waals surface area contributed by atoms with Crippen molar-refractivity contribution in [3.05, 3.63) is 36.4 Å². The lowest BCUT2D eigenvalue weighted by molar-refractivity contribution is 0.381. The second-order valence-corrected chi connectivity index (χ2v) is 6.80. The number of hydrogen-bond donors (Lipinski definition) is 0. The van der Waals surface area contributed by atoms with Crippen molar-refractivity contribution in [3.8, 4) is 0 Å². The molecule has 0 saturated carbocycles. The highest BCUT2D eigenvalue weighted by molar-refractivity contribution is 6.05. The average molecular weight is 296 g/mol. The maximum absolute atomic E-state index is 2.48. The SMILES string of the molecule is CCCCCCC1(C)N(C)c2cccc3cccc(c23)N1C. The Bertz CT molecular complexity index is 617. The summed E-state index contributed by atoms with van der Waals surface area (Å²) in [5.74, 6) is 0. The molecular weight excluding hydrogens is 268 g/mol. The fourth-order valence-electron chi connectivity index (χ4n) is 3.83. The van der Waals surface area contributed by atoms with Gasteiger partial charge in [-0.15, -0.1) is 0 Å². The zero-order valence-corrected chi connectivity index (χ0v) is 14.4. The fraction of sp³-hybridized carbons (Fsp3) is 0.500. The predicted molar refractivity (Wildman–Crippen MR) is 97.9 cm³/mol. The molecule has 0 aromatic heterocycles. The Balaban J connectivity index is 1.99. The van der Waals surface area contributed by atoms with Crippen LogP contribution in [0, 0.1) is 0 Å². The third-order valence-corrected chi connectivity index (χ3v) is 5.53. The summed E-state index contributed by atoms with van der Waals surface area (Å²) in [4.78, 5) is 4.96. The van der Waals surface area contributed by atoms with Gasteiger partial charge < -0.3 is 9.80 Å². The van der Waals surface area contributed by atoms with E-state index in [-0.39, 0.29) is 5.66 Å². The third kappa shape index (κ3) is 2.25. The van der Waals surface area contributed by atoms with E-state index in [1.807, 2.05) is 0 Å². The highest BCUT2D eigenvalue weighted by Gasteiger charge is 2.38. The van der Waals surface area contributed by atoms with Crippen molar-refractivity contribution in [1.29, 1.82) is 0 Å². The molecular formula is C20H28N2. The van der Waals surface area contributed by atoms with Crippen molar-refractivity contribution in [1.82, 2.24) is 0 Å². The van der Waals surface area contributed by atoms with Crippen molar-refractivity contribution >= 4 is 22.1 Å². The minimum Gasteiger partial charge on any atom is -0.351 e. The van der Waals surface area contributed by atoms with Crippen molar-refractivity contribution in [2.45, 2.75) is 51.6 Å². The standard InChI is InChI=1S/C20H28N2/c1-5-6-7-8-15-20(2)21(3)17-13-9-11-16-12-10-14-18(19(16)17)22(20)4/h9-14H,5-8,15H2,1-4H3. The number of hydrogen-bond acceptors (Lipinski definition) is 2. The Morgan fingerprint density at radius 2 is 1.45 bits per heavy atom.